The fourth-order valence-corrected chi connectivity index (χ4v) is 4.26. The van der Waals surface area contributed by atoms with Gasteiger partial charge in [0.2, 0.25) is 0 Å². The second-order valence-corrected chi connectivity index (χ2v) is 8.88. The molecule has 0 N–H and O–H groups in total. The third kappa shape index (κ3) is 6.13. The number of benzene rings is 3. The molecule has 0 saturated carbocycles. The van der Waals surface area contributed by atoms with Crippen LogP contribution in [0.1, 0.15) is 28.4 Å². The molecule has 0 atom stereocenters. The number of rotatable bonds is 8. The van der Waals surface area contributed by atoms with Crippen molar-refractivity contribution >= 4 is 66.9 Å². The van der Waals surface area contributed by atoms with Crippen LogP contribution in [0.5, 0.6) is 11.5 Å². The fourth-order valence-electron chi connectivity index (χ4n) is 2.80. The molecule has 31 heavy (non-hydrogen) atoms. The standard InChI is InChI=1S/C24H18Br2Cl2O3/c1-2-30-21-12-16(8-11-20(29)18-10-9-17(27)13-19(18)28)22(25)23(26)24(21)31-14-15-6-4-3-5-7-15/h3-13H,2,14H2,1H3. The highest BCUT2D eigenvalue weighted by Gasteiger charge is 2.17. The first-order valence-corrected chi connectivity index (χ1v) is 11.7. The van der Waals surface area contributed by atoms with Crippen molar-refractivity contribution in [2.24, 2.45) is 0 Å². The number of carbonyl (C=O) groups excluding carboxylic acids is 1. The quantitative estimate of drug-likeness (QED) is 0.197. The molecule has 3 rings (SSSR count). The van der Waals surface area contributed by atoms with Crippen molar-refractivity contribution < 1.29 is 14.3 Å². The zero-order valence-electron chi connectivity index (χ0n) is 16.5. The molecule has 0 unspecified atom stereocenters. The molecule has 160 valence electrons. The molecule has 0 aliphatic heterocycles. The van der Waals surface area contributed by atoms with Crippen molar-refractivity contribution in [3.63, 3.8) is 0 Å². The highest BCUT2D eigenvalue weighted by atomic mass is 79.9. The van der Waals surface area contributed by atoms with Crippen molar-refractivity contribution in [2.75, 3.05) is 6.61 Å². The van der Waals surface area contributed by atoms with E-state index in [0.29, 0.717) is 44.8 Å². The van der Waals surface area contributed by atoms with Crippen LogP contribution in [0, 0.1) is 0 Å². The summed E-state index contributed by atoms with van der Waals surface area (Å²) in [5.74, 6) is 0.930. The number of hydrogen-bond acceptors (Lipinski definition) is 3. The van der Waals surface area contributed by atoms with Gasteiger partial charge >= 0.3 is 0 Å². The molecule has 0 radical (unpaired) electrons. The molecule has 3 nitrogen and oxygen atoms in total. The van der Waals surface area contributed by atoms with Crippen molar-refractivity contribution in [3.8, 4) is 11.5 Å². The zero-order chi connectivity index (χ0) is 22.4. The number of carbonyl (C=O) groups is 1. The first-order chi connectivity index (χ1) is 14.9. The van der Waals surface area contributed by atoms with E-state index in [4.69, 9.17) is 32.7 Å². The maximum atomic E-state index is 12.6. The average Bonchev–Trinajstić information content (AvgIpc) is 2.75. The summed E-state index contributed by atoms with van der Waals surface area (Å²) in [6, 6.07) is 16.5. The van der Waals surface area contributed by atoms with E-state index >= 15 is 0 Å². The molecule has 3 aromatic rings. The molecule has 0 amide bonds. The van der Waals surface area contributed by atoms with E-state index in [0.717, 1.165) is 15.6 Å². The van der Waals surface area contributed by atoms with Gasteiger partial charge in [-0.05, 0) is 86.3 Å². The average molecular weight is 585 g/mol. The van der Waals surface area contributed by atoms with Crippen LogP contribution in [0.3, 0.4) is 0 Å². The minimum atomic E-state index is -0.230. The maximum absolute atomic E-state index is 12.6. The first kappa shape index (κ1) is 23.9. The lowest BCUT2D eigenvalue weighted by molar-refractivity contribution is 0.104. The Kier molecular flexibility index (Phi) is 8.61. The lowest BCUT2D eigenvalue weighted by atomic mass is 10.1. The normalized spacial score (nSPS) is 11.0. The van der Waals surface area contributed by atoms with E-state index in [1.807, 2.05) is 43.3 Å². The molecule has 0 bridgehead atoms. The van der Waals surface area contributed by atoms with Crippen molar-refractivity contribution in [3.05, 3.63) is 96.4 Å². The van der Waals surface area contributed by atoms with E-state index in [-0.39, 0.29) is 5.78 Å². The van der Waals surface area contributed by atoms with Gasteiger partial charge in [-0.1, -0.05) is 53.5 Å². The number of hydrogen-bond donors (Lipinski definition) is 0. The molecule has 0 aliphatic rings. The molecule has 0 heterocycles. The van der Waals surface area contributed by atoms with Gasteiger partial charge in [0.25, 0.3) is 0 Å². The van der Waals surface area contributed by atoms with Crippen LogP contribution in [-0.2, 0) is 6.61 Å². The van der Waals surface area contributed by atoms with Crippen molar-refractivity contribution in [2.45, 2.75) is 13.5 Å². The van der Waals surface area contributed by atoms with Gasteiger partial charge < -0.3 is 9.47 Å². The summed E-state index contributed by atoms with van der Waals surface area (Å²) >= 11 is 19.2. The Hall–Kier alpha value is -1.79. The van der Waals surface area contributed by atoms with Crippen LogP contribution in [0.15, 0.2) is 69.6 Å². The van der Waals surface area contributed by atoms with Crippen molar-refractivity contribution in [1.29, 1.82) is 0 Å². The monoisotopic (exact) mass is 582 g/mol. The molecule has 3 aromatic carbocycles. The second-order valence-electron chi connectivity index (χ2n) is 6.45. The Balaban J connectivity index is 1.88. The largest absolute Gasteiger partial charge is 0.490 e. The third-order valence-corrected chi connectivity index (χ3v) is 6.98. The topological polar surface area (TPSA) is 35.5 Å². The van der Waals surface area contributed by atoms with Crippen LogP contribution in [0.4, 0.5) is 0 Å². The minimum absolute atomic E-state index is 0.230. The van der Waals surface area contributed by atoms with Gasteiger partial charge in [-0.2, -0.15) is 0 Å². The summed E-state index contributed by atoms with van der Waals surface area (Å²) in [4.78, 5) is 12.6. The van der Waals surface area contributed by atoms with E-state index in [1.165, 1.54) is 6.08 Å². The molecule has 0 saturated heterocycles. The number of allylic oxidation sites excluding steroid dienone is 1. The molecule has 0 spiro atoms. The van der Waals surface area contributed by atoms with Crippen LogP contribution < -0.4 is 9.47 Å². The Morgan fingerprint density at radius 3 is 2.42 bits per heavy atom. The van der Waals surface area contributed by atoms with Gasteiger partial charge in [-0.25, -0.2) is 0 Å². The molecule has 0 aliphatic carbocycles. The third-order valence-electron chi connectivity index (χ3n) is 4.29. The van der Waals surface area contributed by atoms with Gasteiger partial charge in [0.05, 0.1) is 16.1 Å². The van der Waals surface area contributed by atoms with E-state index in [9.17, 15) is 4.79 Å². The number of ketones is 1. The van der Waals surface area contributed by atoms with Crippen LogP contribution in [-0.4, -0.2) is 12.4 Å². The summed E-state index contributed by atoms with van der Waals surface area (Å²) < 4.78 is 13.3. The van der Waals surface area contributed by atoms with Crippen LogP contribution in [0.2, 0.25) is 10.0 Å². The molecule has 0 aromatic heterocycles. The summed E-state index contributed by atoms with van der Waals surface area (Å²) in [6.45, 7) is 2.77. The molecule has 0 fully saturated rings. The SMILES string of the molecule is CCOc1cc(C=CC(=O)c2ccc(Cl)cc2Cl)c(Br)c(Br)c1OCc1ccccc1. The zero-order valence-corrected chi connectivity index (χ0v) is 21.2. The predicted molar refractivity (Wildman–Crippen MR) is 134 cm³/mol. The molecule has 7 heteroatoms. The highest BCUT2D eigenvalue weighted by Crippen LogP contribution is 2.43. The predicted octanol–water partition coefficient (Wildman–Crippen LogP) is 8.39. The van der Waals surface area contributed by atoms with Gasteiger partial charge in [-0.3, -0.25) is 4.79 Å². The lowest BCUT2D eigenvalue weighted by Gasteiger charge is -2.16. The first-order valence-electron chi connectivity index (χ1n) is 9.39. The molecular weight excluding hydrogens is 567 g/mol. The smallest absolute Gasteiger partial charge is 0.187 e. The van der Waals surface area contributed by atoms with E-state index in [2.05, 4.69) is 31.9 Å². The Morgan fingerprint density at radius 1 is 1.00 bits per heavy atom. The van der Waals surface area contributed by atoms with E-state index in [1.54, 1.807) is 24.3 Å². The summed E-state index contributed by atoms with van der Waals surface area (Å²) in [5, 5.41) is 0.784. The Bertz CT molecular complexity index is 1120. The Labute approximate surface area is 208 Å². The van der Waals surface area contributed by atoms with Gasteiger partial charge in [0, 0.05) is 15.1 Å². The van der Waals surface area contributed by atoms with Crippen molar-refractivity contribution in [1.82, 2.24) is 0 Å². The fraction of sp³-hybridized carbons (Fsp3) is 0.125. The highest BCUT2D eigenvalue weighted by molar-refractivity contribution is 9.13. The maximum Gasteiger partial charge on any atom is 0.187 e. The van der Waals surface area contributed by atoms with Crippen LogP contribution in [0.25, 0.3) is 6.08 Å². The summed E-state index contributed by atoms with van der Waals surface area (Å²) in [6.07, 6.45) is 3.16. The number of ether oxygens (including phenoxy) is 2. The number of halogens is 4. The molecular formula is C24H18Br2Cl2O3. The minimum Gasteiger partial charge on any atom is -0.490 e. The lowest BCUT2D eigenvalue weighted by Crippen LogP contribution is -2.02. The summed E-state index contributed by atoms with van der Waals surface area (Å²) in [7, 11) is 0. The Morgan fingerprint density at radius 2 is 1.74 bits per heavy atom. The van der Waals surface area contributed by atoms with E-state index < -0.39 is 0 Å². The second kappa shape index (κ2) is 11.2. The van der Waals surface area contributed by atoms with Crippen LogP contribution >= 0.6 is 55.1 Å². The van der Waals surface area contributed by atoms with Gasteiger partial charge in [-0.15, -0.1) is 0 Å². The van der Waals surface area contributed by atoms with Gasteiger partial charge in [0.1, 0.15) is 6.61 Å². The van der Waals surface area contributed by atoms with Gasteiger partial charge in [0.15, 0.2) is 17.3 Å². The summed E-state index contributed by atoms with van der Waals surface area (Å²) in [5.41, 5.74) is 2.17.